The number of nitrogens with one attached hydrogen (secondary N) is 2. The molecular weight excluding hydrogens is 406 g/mol. The van der Waals surface area contributed by atoms with Crippen molar-refractivity contribution in [2.24, 2.45) is 5.92 Å². The highest BCUT2D eigenvalue weighted by Crippen LogP contribution is 2.30. The third-order valence-corrected chi connectivity index (χ3v) is 6.10. The maximum atomic E-state index is 12.8. The maximum Gasteiger partial charge on any atom is 0.255 e. The summed E-state index contributed by atoms with van der Waals surface area (Å²) in [6.07, 6.45) is 0. The Labute approximate surface area is 178 Å². The van der Waals surface area contributed by atoms with Gasteiger partial charge in [0.2, 0.25) is 5.91 Å². The molecule has 0 fully saturated rings. The summed E-state index contributed by atoms with van der Waals surface area (Å²) in [4.78, 5) is 32.3. The Balaban J connectivity index is 1.71. The van der Waals surface area contributed by atoms with Crippen molar-refractivity contribution < 1.29 is 14.3 Å². The fraction of sp³-hybridized carbons (Fsp3) is 0.286. The SMILES string of the molecule is COc1ccccc1C(=O)NC(C(=O)Nc1nc(-c2ccc(C)s2)cs1)C(C)C. The summed E-state index contributed by atoms with van der Waals surface area (Å²) in [6, 6.07) is 10.3. The van der Waals surface area contributed by atoms with Crippen molar-refractivity contribution in [3.8, 4) is 16.3 Å². The van der Waals surface area contributed by atoms with Crippen molar-refractivity contribution in [3.63, 3.8) is 0 Å². The number of carbonyl (C=O) groups is 2. The molecule has 1 atom stereocenters. The zero-order chi connectivity index (χ0) is 21.0. The number of thiazole rings is 1. The van der Waals surface area contributed by atoms with Crippen LogP contribution < -0.4 is 15.4 Å². The largest absolute Gasteiger partial charge is 0.496 e. The number of carbonyl (C=O) groups excluding carboxylic acids is 2. The molecule has 29 heavy (non-hydrogen) atoms. The van der Waals surface area contributed by atoms with Gasteiger partial charge in [0.1, 0.15) is 11.8 Å². The summed E-state index contributed by atoms with van der Waals surface area (Å²) in [6.45, 7) is 5.81. The number of methoxy groups -OCH3 is 1. The predicted molar refractivity (Wildman–Crippen MR) is 118 cm³/mol. The molecule has 2 aromatic heterocycles. The van der Waals surface area contributed by atoms with E-state index in [0.29, 0.717) is 16.4 Å². The second-order valence-corrected chi connectivity index (χ2v) is 8.98. The van der Waals surface area contributed by atoms with Gasteiger partial charge < -0.3 is 15.4 Å². The second-order valence-electron chi connectivity index (χ2n) is 6.83. The van der Waals surface area contributed by atoms with Crippen molar-refractivity contribution in [1.29, 1.82) is 0 Å². The second kappa shape index (κ2) is 9.19. The normalized spacial score (nSPS) is 11.9. The highest BCUT2D eigenvalue weighted by atomic mass is 32.1. The van der Waals surface area contributed by atoms with Crippen molar-refractivity contribution in [1.82, 2.24) is 10.3 Å². The van der Waals surface area contributed by atoms with Gasteiger partial charge in [-0.3, -0.25) is 9.59 Å². The van der Waals surface area contributed by atoms with E-state index in [1.165, 1.54) is 23.3 Å². The molecule has 0 spiro atoms. The van der Waals surface area contributed by atoms with Crippen LogP contribution >= 0.6 is 22.7 Å². The fourth-order valence-electron chi connectivity index (χ4n) is 2.79. The average molecular weight is 430 g/mol. The van der Waals surface area contributed by atoms with Gasteiger partial charge in [0, 0.05) is 10.3 Å². The number of aromatic nitrogens is 1. The summed E-state index contributed by atoms with van der Waals surface area (Å²) in [5, 5.41) is 8.07. The lowest BCUT2D eigenvalue weighted by atomic mass is 10.0. The number of anilines is 1. The zero-order valence-corrected chi connectivity index (χ0v) is 18.3. The molecule has 152 valence electrons. The summed E-state index contributed by atoms with van der Waals surface area (Å²) >= 11 is 3.02. The van der Waals surface area contributed by atoms with E-state index in [1.54, 1.807) is 35.6 Å². The van der Waals surface area contributed by atoms with Crippen LogP contribution in [0.1, 0.15) is 29.1 Å². The van der Waals surface area contributed by atoms with Gasteiger partial charge in [-0.25, -0.2) is 4.98 Å². The van der Waals surface area contributed by atoms with E-state index < -0.39 is 6.04 Å². The molecule has 3 rings (SSSR count). The maximum absolute atomic E-state index is 12.8. The summed E-state index contributed by atoms with van der Waals surface area (Å²) < 4.78 is 5.24. The van der Waals surface area contributed by atoms with E-state index in [2.05, 4.69) is 15.6 Å². The molecule has 6 nitrogen and oxygen atoms in total. The molecule has 8 heteroatoms. The topological polar surface area (TPSA) is 80.3 Å². The number of benzene rings is 1. The van der Waals surface area contributed by atoms with Crippen LogP contribution in [0.2, 0.25) is 0 Å². The molecule has 1 aromatic carbocycles. The highest BCUT2D eigenvalue weighted by molar-refractivity contribution is 7.17. The first-order chi connectivity index (χ1) is 13.9. The van der Waals surface area contributed by atoms with Gasteiger partial charge in [-0.1, -0.05) is 26.0 Å². The first-order valence-electron chi connectivity index (χ1n) is 9.16. The molecule has 2 heterocycles. The number of para-hydroxylation sites is 1. The lowest BCUT2D eigenvalue weighted by Gasteiger charge is -2.21. The summed E-state index contributed by atoms with van der Waals surface area (Å²) in [5.41, 5.74) is 1.22. The van der Waals surface area contributed by atoms with E-state index in [1.807, 2.05) is 38.3 Å². The Morgan fingerprint density at radius 2 is 1.90 bits per heavy atom. The van der Waals surface area contributed by atoms with Gasteiger partial charge >= 0.3 is 0 Å². The molecule has 2 amide bonds. The molecule has 0 aliphatic rings. The van der Waals surface area contributed by atoms with Gasteiger partial charge in [0.05, 0.1) is 23.2 Å². The molecule has 0 saturated carbocycles. The predicted octanol–water partition coefficient (Wildman–Crippen LogP) is 4.58. The minimum absolute atomic E-state index is 0.104. The first kappa shape index (κ1) is 21.0. The van der Waals surface area contributed by atoms with Crippen LogP contribution in [0.4, 0.5) is 5.13 Å². The minimum Gasteiger partial charge on any atom is -0.496 e. The molecule has 2 N–H and O–H groups in total. The van der Waals surface area contributed by atoms with Crippen LogP contribution in [-0.4, -0.2) is 29.9 Å². The Morgan fingerprint density at radius 3 is 2.55 bits per heavy atom. The zero-order valence-electron chi connectivity index (χ0n) is 16.7. The molecule has 0 radical (unpaired) electrons. The van der Waals surface area contributed by atoms with Crippen LogP contribution in [0.15, 0.2) is 41.8 Å². The van der Waals surface area contributed by atoms with Gasteiger partial charge in [-0.15, -0.1) is 22.7 Å². The Morgan fingerprint density at radius 1 is 1.14 bits per heavy atom. The van der Waals surface area contributed by atoms with Crippen molar-refractivity contribution in [2.75, 3.05) is 12.4 Å². The van der Waals surface area contributed by atoms with Crippen LogP contribution in [0.3, 0.4) is 0 Å². The van der Waals surface area contributed by atoms with Crippen LogP contribution in [0, 0.1) is 12.8 Å². The fourth-order valence-corrected chi connectivity index (χ4v) is 4.40. The number of hydrogen-bond donors (Lipinski definition) is 2. The smallest absolute Gasteiger partial charge is 0.255 e. The van der Waals surface area contributed by atoms with Crippen LogP contribution in [0.5, 0.6) is 5.75 Å². The lowest BCUT2D eigenvalue weighted by molar-refractivity contribution is -0.118. The third-order valence-electron chi connectivity index (χ3n) is 4.31. The van der Waals surface area contributed by atoms with Gasteiger partial charge in [-0.05, 0) is 37.1 Å². The van der Waals surface area contributed by atoms with Crippen LogP contribution in [-0.2, 0) is 4.79 Å². The average Bonchev–Trinajstić information content (AvgIpc) is 3.34. The Kier molecular flexibility index (Phi) is 6.66. The van der Waals surface area contributed by atoms with Crippen molar-refractivity contribution in [3.05, 3.63) is 52.2 Å². The molecule has 0 aliphatic carbocycles. The van der Waals surface area contributed by atoms with E-state index >= 15 is 0 Å². The number of nitrogens with zero attached hydrogens (tertiary/aromatic N) is 1. The number of aryl methyl sites for hydroxylation is 1. The molecule has 0 bridgehead atoms. The molecule has 1 unspecified atom stereocenters. The standard InChI is InChI=1S/C21H23N3O3S2/c1-12(2)18(23-19(25)14-7-5-6-8-16(14)27-4)20(26)24-21-22-15(11-28-21)17-10-9-13(3)29-17/h5-12,18H,1-4H3,(H,23,25)(H,22,24,26). The summed E-state index contributed by atoms with van der Waals surface area (Å²) in [7, 11) is 1.51. The monoisotopic (exact) mass is 429 g/mol. The van der Waals surface area contributed by atoms with E-state index in [0.717, 1.165) is 10.6 Å². The number of thiophene rings is 1. The highest BCUT2D eigenvalue weighted by Gasteiger charge is 2.26. The van der Waals surface area contributed by atoms with Crippen molar-refractivity contribution in [2.45, 2.75) is 26.8 Å². The number of ether oxygens (including phenoxy) is 1. The quantitative estimate of drug-likeness (QED) is 0.576. The molecule has 3 aromatic rings. The van der Waals surface area contributed by atoms with Gasteiger partial charge in [0.15, 0.2) is 5.13 Å². The van der Waals surface area contributed by atoms with E-state index in [-0.39, 0.29) is 17.7 Å². The van der Waals surface area contributed by atoms with Crippen LogP contribution in [0.25, 0.3) is 10.6 Å². The van der Waals surface area contributed by atoms with Gasteiger partial charge in [0.25, 0.3) is 5.91 Å². The van der Waals surface area contributed by atoms with E-state index in [9.17, 15) is 9.59 Å². The number of hydrogen-bond acceptors (Lipinski definition) is 6. The first-order valence-corrected chi connectivity index (χ1v) is 10.9. The number of rotatable bonds is 7. The number of amides is 2. The van der Waals surface area contributed by atoms with Gasteiger partial charge in [-0.2, -0.15) is 0 Å². The van der Waals surface area contributed by atoms with E-state index in [4.69, 9.17) is 4.74 Å². The minimum atomic E-state index is -0.705. The van der Waals surface area contributed by atoms with Crippen molar-refractivity contribution >= 4 is 39.6 Å². The Bertz CT molecular complexity index is 1010. The Hall–Kier alpha value is -2.71. The molecule has 0 aliphatic heterocycles. The molecular formula is C21H23N3O3S2. The summed E-state index contributed by atoms with van der Waals surface area (Å²) in [5.74, 6) is -0.298. The lowest BCUT2D eigenvalue weighted by Crippen LogP contribution is -2.47. The third kappa shape index (κ3) is 5.02. The molecule has 0 saturated heterocycles.